The van der Waals surface area contributed by atoms with Gasteiger partial charge in [-0.1, -0.05) is 12.1 Å². The van der Waals surface area contributed by atoms with Crippen molar-refractivity contribution in [3.8, 4) is 0 Å². The molecule has 5 nitrogen and oxygen atoms in total. The Morgan fingerprint density at radius 1 is 1.04 bits per heavy atom. The van der Waals surface area contributed by atoms with Gasteiger partial charge in [-0.05, 0) is 44.4 Å². The molecule has 0 heterocycles. The fraction of sp³-hybridized carbons (Fsp3) is 0.579. The summed E-state index contributed by atoms with van der Waals surface area (Å²) in [5, 5.41) is 0. The Morgan fingerprint density at radius 2 is 1.67 bits per heavy atom. The number of carbonyl (C=O) groups is 2. The van der Waals surface area contributed by atoms with Gasteiger partial charge in [0.25, 0.3) is 0 Å². The molecule has 0 saturated heterocycles. The predicted octanol–water partition coefficient (Wildman–Crippen LogP) is 2.88. The van der Waals surface area contributed by atoms with Gasteiger partial charge < -0.3 is 14.5 Å². The predicted molar refractivity (Wildman–Crippen MR) is 97.2 cm³/mol. The van der Waals surface area contributed by atoms with E-state index in [4.69, 9.17) is 4.74 Å². The standard InChI is InChI=1S/C19H30N2O3/c1-15(2)21(18(22)8-6-7-13-24-5)17-11-9-16(10-12-17)14-19(23)20(3)4/h9-12,15H,6-8,13-14H2,1-5H3. The fourth-order valence-corrected chi connectivity index (χ4v) is 2.48. The first kappa shape index (κ1) is 20.2. The normalized spacial score (nSPS) is 10.8. The second kappa shape index (κ2) is 10.1. The van der Waals surface area contributed by atoms with Crippen LogP contribution in [0.15, 0.2) is 24.3 Å². The van der Waals surface area contributed by atoms with Crippen molar-refractivity contribution in [3.63, 3.8) is 0 Å². The molecular formula is C19H30N2O3. The maximum absolute atomic E-state index is 12.5. The lowest BCUT2D eigenvalue weighted by Gasteiger charge is -2.27. The first-order valence-corrected chi connectivity index (χ1v) is 8.47. The van der Waals surface area contributed by atoms with E-state index in [1.807, 2.05) is 43.0 Å². The lowest BCUT2D eigenvalue weighted by Crippen LogP contribution is -2.36. The van der Waals surface area contributed by atoms with Crippen LogP contribution in [-0.4, -0.2) is 50.6 Å². The van der Waals surface area contributed by atoms with E-state index in [1.165, 1.54) is 0 Å². The average molecular weight is 334 g/mol. The van der Waals surface area contributed by atoms with Crippen molar-refractivity contribution in [1.29, 1.82) is 0 Å². The topological polar surface area (TPSA) is 49.9 Å². The van der Waals surface area contributed by atoms with E-state index in [-0.39, 0.29) is 17.9 Å². The number of ether oxygens (including phenoxy) is 1. The Labute approximate surface area is 145 Å². The summed E-state index contributed by atoms with van der Waals surface area (Å²) < 4.78 is 5.02. The highest BCUT2D eigenvalue weighted by Crippen LogP contribution is 2.20. The van der Waals surface area contributed by atoms with Crippen molar-refractivity contribution >= 4 is 17.5 Å². The van der Waals surface area contributed by atoms with Gasteiger partial charge in [-0.2, -0.15) is 0 Å². The molecule has 1 aromatic rings. The van der Waals surface area contributed by atoms with Crippen LogP contribution in [0.25, 0.3) is 0 Å². The number of nitrogens with zero attached hydrogens (tertiary/aromatic N) is 2. The Bertz CT molecular complexity index is 524. The van der Waals surface area contributed by atoms with Crippen molar-refractivity contribution < 1.29 is 14.3 Å². The van der Waals surface area contributed by atoms with Gasteiger partial charge in [0.05, 0.1) is 6.42 Å². The molecule has 0 aliphatic rings. The van der Waals surface area contributed by atoms with E-state index in [9.17, 15) is 9.59 Å². The van der Waals surface area contributed by atoms with Gasteiger partial charge in [0.15, 0.2) is 0 Å². The molecule has 1 rings (SSSR count). The summed E-state index contributed by atoms with van der Waals surface area (Å²) in [5.41, 5.74) is 1.83. The van der Waals surface area contributed by atoms with Crippen LogP contribution in [0.4, 0.5) is 5.69 Å². The summed E-state index contributed by atoms with van der Waals surface area (Å²) in [6.07, 6.45) is 2.60. The van der Waals surface area contributed by atoms with Crippen LogP contribution < -0.4 is 4.90 Å². The lowest BCUT2D eigenvalue weighted by atomic mass is 10.1. The Morgan fingerprint density at radius 3 is 2.17 bits per heavy atom. The SMILES string of the molecule is COCCCCC(=O)N(c1ccc(CC(=O)N(C)C)cc1)C(C)C. The van der Waals surface area contributed by atoms with Gasteiger partial charge in [0.1, 0.15) is 0 Å². The molecule has 24 heavy (non-hydrogen) atoms. The number of amides is 2. The molecule has 0 aromatic heterocycles. The minimum atomic E-state index is 0.0673. The number of rotatable bonds is 9. The number of likely N-dealkylation sites (N-methyl/N-ethyl adjacent to an activating group) is 1. The molecule has 0 saturated carbocycles. The van der Waals surface area contributed by atoms with Crippen LogP contribution in [0.3, 0.4) is 0 Å². The number of methoxy groups -OCH3 is 1. The van der Waals surface area contributed by atoms with Crippen LogP contribution in [-0.2, 0) is 20.7 Å². The fourth-order valence-electron chi connectivity index (χ4n) is 2.48. The molecule has 134 valence electrons. The number of hydrogen-bond donors (Lipinski definition) is 0. The second-order valence-electron chi connectivity index (χ2n) is 6.44. The smallest absolute Gasteiger partial charge is 0.227 e. The number of carbonyl (C=O) groups excluding carboxylic acids is 2. The molecule has 1 aromatic carbocycles. The molecule has 0 atom stereocenters. The molecule has 0 spiro atoms. The average Bonchev–Trinajstić information content (AvgIpc) is 2.53. The Hall–Kier alpha value is -1.88. The number of hydrogen-bond acceptors (Lipinski definition) is 3. The van der Waals surface area contributed by atoms with E-state index in [0.29, 0.717) is 19.4 Å². The van der Waals surface area contributed by atoms with Crippen LogP contribution in [0, 0.1) is 0 Å². The van der Waals surface area contributed by atoms with Gasteiger partial charge >= 0.3 is 0 Å². The number of unbranched alkanes of at least 4 members (excludes halogenated alkanes) is 1. The van der Waals surface area contributed by atoms with Crippen molar-refractivity contribution in [2.75, 3.05) is 32.7 Å². The van der Waals surface area contributed by atoms with E-state index in [2.05, 4.69) is 0 Å². The van der Waals surface area contributed by atoms with Gasteiger partial charge in [0.2, 0.25) is 11.8 Å². The molecule has 0 radical (unpaired) electrons. The summed E-state index contributed by atoms with van der Waals surface area (Å²) in [6.45, 7) is 4.70. The van der Waals surface area contributed by atoms with Gasteiger partial charge in [-0.3, -0.25) is 9.59 Å². The molecular weight excluding hydrogens is 304 g/mol. The molecule has 2 amide bonds. The van der Waals surface area contributed by atoms with Crippen LogP contribution in [0.1, 0.15) is 38.7 Å². The van der Waals surface area contributed by atoms with Crippen molar-refractivity contribution in [3.05, 3.63) is 29.8 Å². The quantitative estimate of drug-likeness (QED) is 0.653. The molecule has 0 bridgehead atoms. The highest BCUT2D eigenvalue weighted by molar-refractivity contribution is 5.93. The van der Waals surface area contributed by atoms with Crippen LogP contribution >= 0.6 is 0 Å². The van der Waals surface area contributed by atoms with E-state index >= 15 is 0 Å². The monoisotopic (exact) mass is 334 g/mol. The molecule has 5 heteroatoms. The largest absolute Gasteiger partial charge is 0.385 e. The maximum atomic E-state index is 12.5. The Balaban J connectivity index is 2.74. The second-order valence-corrected chi connectivity index (χ2v) is 6.44. The third-order valence-electron chi connectivity index (χ3n) is 3.84. The molecule has 0 aliphatic carbocycles. The van der Waals surface area contributed by atoms with Crippen molar-refractivity contribution in [2.45, 2.75) is 45.6 Å². The van der Waals surface area contributed by atoms with Gasteiger partial charge in [-0.25, -0.2) is 0 Å². The summed E-state index contributed by atoms with van der Waals surface area (Å²) >= 11 is 0. The number of benzene rings is 1. The van der Waals surface area contributed by atoms with Crippen LogP contribution in [0.5, 0.6) is 0 Å². The van der Waals surface area contributed by atoms with Crippen LogP contribution in [0.2, 0.25) is 0 Å². The minimum absolute atomic E-state index is 0.0673. The highest BCUT2D eigenvalue weighted by atomic mass is 16.5. The zero-order chi connectivity index (χ0) is 18.1. The molecule has 0 aliphatic heterocycles. The molecule has 0 unspecified atom stereocenters. The molecule has 0 fully saturated rings. The van der Waals surface area contributed by atoms with Gasteiger partial charge in [0, 0.05) is 46.0 Å². The first-order chi connectivity index (χ1) is 11.4. The minimum Gasteiger partial charge on any atom is -0.385 e. The number of anilines is 1. The summed E-state index contributed by atoms with van der Waals surface area (Å²) in [5.74, 6) is 0.191. The lowest BCUT2D eigenvalue weighted by molar-refractivity contribution is -0.128. The third-order valence-corrected chi connectivity index (χ3v) is 3.84. The van der Waals surface area contributed by atoms with Gasteiger partial charge in [-0.15, -0.1) is 0 Å². The van der Waals surface area contributed by atoms with E-state index in [1.54, 1.807) is 26.1 Å². The maximum Gasteiger partial charge on any atom is 0.227 e. The molecule has 0 N–H and O–H groups in total. The Kier molecular flexibility index (Phi) is 8.47. The summed E-state index contributed by atoms with van der Waals surface area (Å²) in [6, 6.07) is 7.78. The third kappa shape index (κ3) is 6.32. The zero-order valence-electron chi connectivity index (χ0n) is 15.5. The first-order valence-electron chi connectivity index (χ1n) is 8.47. The summed E-state index contributed by atoms with van der Waals surface area (Å²) in [4.78, 5) is 27.7. The summed E-state index contributed by atoms with van der Waals surface area (Å²) in [7, 11) is 5.17. The highest BCUT2D eigenvalue weighted by Gasteiger charge is 2.18. The van der Waals surface area contributed by atoms with E-state index < -0.39 is 0 Å². The zero-order valence-corrected chi connectivity index (χ0v) is 15.5. The van der Waals surface area contributed by atoms with E-state index in [0.717, 1.165) is 24.1 Å². The van der Waals surface area contributed by atoms with Crippen molar-refractivity contribution in [2.24, 2.45) is 0 Å². The van der Waals surface area contributed by atoms with Crippen molar-refractivity contribution in [1.82, 2.24) is 4.90 Å².